The number of nitriles is 1. The van der Waals surface area contributed by atoms with Crippen LogP contribution in [0.25, 0.3) is 0 Å². The Bertz CT molecular complexity index is 153. The van der Waals surface area contributed by atoms with Crippen LogP contribution < -0.4 is 0 Å². The molecule has 3 nitrogen and oxygen atoms in total. The number of rotatable bonds is 3. The van der Waals surface area contributed by atoms with Crippen LogP contribution in [0.15, 0.2) is 0 Å². The topological polar surface area (TPSA) is 42.2 Å². The lowest BCUT2D eigenvalue weighted by Crippen LogP contribution is -2.24. The van der Waals surface area contributed by atoms with Gasteiger partial charge in [0.05, 0.1) is 6.07 Å². The Morgan fingerprint density at radius 1 is 1.40 bits per heavy atom. The van der Waals surface area contributed by atoms with Crippen molar-refractivity contribution in [2.75, 3.05) is 14.2 Å². The first-order valence-corrected chi connectivity index (χ1v) is 3.26. The molecule has 3 heteroatoms. The van der Waals surface area contributed by atoms with E-state index in [1.165, 1.54) is 0 Å². The number of methoxy groups -OCH3 is 2. The molecule has 1 aliphatic rings. The van der Waals surface area contributed by atoms with Gasteiger partial charge in [0.1, 0.15) is 5.41 Å². The van der Waals surface area contributed by atoms with Crippen molar-refractivity contribution < 1.29 is 9.47 Å². The molecular weight excluding hydrogens is 130 g/mol. The third-order valence-corrected chi connectivity index (χ3v) is 1.89. The van der Waals surface area contributed by atoms with E-state index in [0.29, 0.717) is 0 Å². The fourth-order valence-corrected chi connectivity index (χ4v) is 1.08. The predicted octanol–water partition coefficient (Wildman–Crippen LogP) is 0.909. The Morgan fingerprint density at radius 2 is 1.90 bits per heavy atom. The summed E-state index contributed by atoms with van der Waals surface area (Å²) in [7, 11) is 3.12. The van der Waals surface area contributed by atoms with Gasteiger partial charge in [-0.1, -0.05) is 0 Å². The number of hydrogen-bond donors (Lipinski definition) is 0. The second-order valence-electron chi connectivity index (χ2n) is 2.57. The second kappa shape index (κ2) is 2.57. The van der Waals surface area contributed by atoms with Crippen molar-refractivity contribution in [3.8, 4) is 6.07 Å². The molecule has 1 saturated carbocycles. The molecule has 0 saturated heterocycles. The minimum absolute atomic E-state index is 0.330. The average molecular weight is 141 g/mol. The maximum absolute atomic E-state index is 8.68. The Kier molecular flexibility index (Phi) is 1.93. The van der Waals surface area contributed by atoms with Crippen LogP contribution in [0.3, 0.4) is 0 Å². The molecule has 0 N–H and O–H groups in total. The second-order valence-corrected chi connectivity index (χ2v) is 2.57. The molecule has 10 heavy (non-hydrogen) atoms. The highest BCUT2D eigenvalue weighted by Crippen LogP contribution is 2.49. The van der Waals surface area contributed by atoms with Gasteiger partial charge in [0.15, 0.2) is 6.29 Å². The van der Waals surface area contributed by atoms with Gasteiger partial charge in [-0.15, -0.1) is 0 Å². The fourth-order valence-electron chi connectivity index (χ4n) is 1.08. The lowest BCUT2D eigenvalue weighted by Gasteiger charge is -2.16. The monoisotopic (exact) mass is 141 g/mol. The van der Waals surface area contributed by atoms with Gasteiger partial charge >= 0.3 is 0 Å². The van der Waals surface area contributed by atoms with Crippen molar-refractivity contribution in [2.24, 2.45) is 5.41 Å². The van der Waals surface area contributed by atoms with Crippen LogP contribution in [0.4, 0.5) is 0 Å². The van der Waals surface area contributed by atoms with Gasteiger partial charge in [0, 0.05) is 14.2 Å². The van der Waals surface area contributed by atoms with Crippen molar-refractivity contribution in [1.82, 2.24) is 0 Å². The van der Waals surface area contributed by atoms with Crippen LogP contribution in [-0.2, 0) is 9.47 Å². The van der Waals surface area contributed by atoms with Gasteiger partial charge in [-0.3, -0.25) is 0 Å². The molecule has 0 aromatic rings. The summed E-state index contributed by atoms with van der Waals surface area (Å²) in [6.45, 7) is 0. The highest BCUT2D eigenvalue weighted by atomic mass is 16.7. The van der Waals surface area contributed by atoms with Gasteiger partial charge in [-0.25, -0.2) is 0 Å². The third-order valence-electron chi connectivity index (χ3n) is 1.89. The van der Waals surface area contributed by atoms with Gasteiger partial charge in [0.2, 0.25) is 0 Å². The summed E-state index contributed by atoms with van der Waals surface area (Å²) >= 11 is 0. The maximum atomic E-state index is 8.68. The molecule has 1 rings (SSSR count). The lowest BCUT2D eigenvalue weighted by molar-refractivity contribution is -0.132. The molecule has 0 bridgehead atoms. The van der Waals surface area contributed by atoms with E-state index in [1.807, 2.05) is 0 Å². The number of hydrogen-bond acceptors (Lipinski definition) is 3. The Balaban J connectivity index is 2.54. The minimum Gasteiger partial charge on any atom is -0.354 e. The average Bonchev–Trinajstić information content (AvgIpc) is 2.72. The summed E-state index contributed by atoms with van der Waals surface area (Å²) in [6, 6.07) is 2.20. The van der Waals surface area contributed by atoms with Gasteiger partial charge < -0.3 is 9.47 Å². The zero-order valence-electron chi connectivity index (χ0n) is 6.26. The Labute approximate surface area is 60.5 Å². The molecule has 0 radical (unpaired) electrons. The minimum atomic E-state index is -0.336. The summed E-state index contributed by atoms with van der Waals surface area (Å²) in [4.78, 5) is 0. The number of nitrogens with zero attached hydrogens (tertiary/aromatic N) is 1. The lowest BCUT2D eigenvalue weighted by atomic mass is 10.1. The van der Waals surface area contributed by atoms with Crippen molar-refractivity contribution in [3.63, 3.8) is 0 Å². The van der Waals surface area contributed by atoms with E-state index in [4.69, 9.17) is 14.7 Å². The van der Waals surface area contributed by atoms with E-state index in [2.05, 4.69) is 6.07 Å². The quantitative estimate of drug-likeness (QED) is 0.548. The highest BCUT2D eigenvalue weighted by molar-refractivity contribution is 5.11. The van der Waals surface area contributed by atoms with E-state index in [0.717, 1.165) is 12.8 Å². The zero-order chi connectivity index (χ0) is 7.61. The molecule has 0 aliphatic heterocycles. The molecule has 1 fully saturated rings. The standard InChI is InChI=1S/C7H11NO2/c1-9-6(10-2)7(5-8)3-4-7/h6H,3-4H2,1-2H3. The molecule has 0 atom stereocenters. The van der Waals surface area contributed by atoms with Gasteiger partial charge in [-0.2, -0.15) is 5.26 Å². The predicted molar refractivity (Wildman–Crippen MR) is 35.1 cm³/mol. The zero-order valence-corrected chi connectivity index (χ0v) is 6.26. The van der Waals surface area contributed by atoms with Crippen LogP contribution in [0.5, 0.6) is 0 Å². The van der Waals surface area contributed by atoms with Crippen molar-refractivity contribution in [1.29, 1.82) is 5.26 Å². The first kappa shape index (κ1) is 7.52. The Morgan fingerprint density at radius 3 is 2.00 bits per heavy atom. The first-order chi connectivity index (χ1) is 4.79. The first-order valence-electron chi connectivity index (χ1n) is 3.26. The van der Waals surface area contributed by atoms with Crippen molar-refractivity contribution in [2.45, 2.75) is 19.1 Å². The van der Waals surface area contributed by atoms with Crippen molar-refractivity contribution >= 4 is 0 Å². The summed E-state index contributed by atoms with van der Waals surface area (Å²) in [5.41, 5.74) is -0.330. The van der Waals surface area contributed by atoms with E-state index in [-0.39, 0.29) is 11.7 Å². The third kappa shape index (κ3) is 1.00. The summed E-state index contributed by atoms with van der Waals surface area (Å²) in [5.74, 6) is 0. The Hall–Kier alpha value is -0.590. The van der Waals surface area contributed by atoms with Gasteiger partial charge in [0.25, 0.3) is 0 Å². The van der Waals surface area contributed by atoms with Crippen LogP contribution in [-0.4, -0.2) is 20.5 Å². The highest BCUT2D eigenvalue weighted by Gasteiger charge is 2.51. The normalized spacial score (nSPS) is 20.6. The van der Waals surface area contributed by atoms with Crippen LogP contribution in [0.1, 0.15) is 12.8 Å². The van der Waals surface area contributed by atoms with E-state index < -0.39 is 0 Å². The molecular formula is C7H11NO2. The SMILES string of the molecule is COC(OC)C1(C#N)CC1. The summed E-state index contributed by atoms with van der Waals surface area (Å²) in [6.07, 6.45) is 1.46. The maximum Gasteiger partial charge on any atom is 0.175 e. The van der Waals surface area contributed by atoms with E-state index in [9.17, 15) is 0 Å². The molecule has 0 unspecified atom stereocenters. The molecule has 0 aromatic carbocycles. The van der Waals surface area contributed by atoms with Crippen LogP contribution >= 0.6 is 0 Å². The fraction of sp³-hybridized carbons (Fsp3) is 0.857. The molecule has 0 heterocycles. The van der Waals surface area contributed by atoms with Crippen LogP contribution in [0.2, 0.25) is 0 Å². The molecule has 1 aliphatic carbocycles. The molecule has 56 valence electrons. The van der Waals surface area contributed by atoms with Gasteiger partial charge in [-0.05, 0) is 12.8 Å². The van der Waals surface area contributed by atoms with E-state index >= 15 is 0 Å². The summed E-state index contributed by atoms with van der Waals surface area (Å²) < 4.78 is 9.95. The van der Waals surface area contributed by atoms with E-state index in [1.54, 1.807) is 14.2 Å². The smallest absolute Gasteiger partial charge is 0.175 e. The molecule has 0 aromatic heterocycles. The largest absolute Gasteiger partial charge is 0.354 e. The van der Waals surface area contributed by atoms with Crippen LogP contribution in [0, 0.1) is 16.7 Å². The number of ether oxygens (including phenoxy) is 2. The summed E-state index contributed by atoms with van der Waals surface area (Å²) in [5, 5.41) is 8.68. The molecule has 0 amide bonds. The van der Waals surface area contributed by atoms with Crippen molar-refractivity contribution in [3.05, 3.63) is 0 Å². The molecule has 0 spiro atoms.